The summed E-state index contributed by atoms with van der Waals surface area (Å²) in [7, 11) is 5.14. The molecule has 0 aliphatic carbocycles. The number of halogens is 1. The number of hydrogen-bond acceptors (Lipinski definition) is 15. The Labute approximate surface area is 350 Å². The molecule has 0 radical (unpaired) electrons. The number of amidine groups is 1. The Balaban J connectivity index is 1.48. The molecule has 332 valence electrons. The molecule has 0 amide bonds. The average molecular weight is 845 g/mol. The Morgan fingerprint density at radius 2 is 1.70 bits per heavy atom. The summed E-state index contributed by atoms with van der Waals surface area (Å²) in [4.78, 5) is 64.3. The van der Waals surface area contributed by atoms with Crippen LogP contribution < -0.4 is 5.73 Å². The molecule has 3 aliphatic rings. The molecule has 3 aliphatic heterocycles. The van der Waals surface area contributed by atoms with Crippen LogP contribution in [0.3, 0.4) is 0 Å². The van der Waals surface area contributed by atoms with Gasteiger partial charge in [0.1, 0.15) is 41.3 Å². The molecular weight excluding hydrogens is 783 g/mol. The fourth-order valence-corrected chi connectivity index (χ4v) is 9.31. The highest BCUT2D eigenvalue weighted by Crippen LogP contribution is 2.48. The zero-order valence-electron chi connectivity index (χ0n) is 36.4. The second-order valence-electron chi connectivity index (χ2n) is 17.3. The number of fused-ring (bicyclic) bond motifs is 1. The lowest BCUT2D eigenvalue weighted by Crippen LogP contribution is -2.59. The number of methoxy groups -OCH3 is 1. The van der Waals surface area contributed by atoms with E-state index in [9.17, 15) is 28.7 Å². The number of oxime groups is 1. The third-order valence-corrected chi connectivity index (χ3v) is 12.8. The van der Waals surface area contributed by atoms with Crippen LogP contribution in [0, 0.1) is 41.3 Å². The summed E-state index contributed by atoms with van der Waals surface area (Å²) >= 11 is 0. The standard InChI is InChI=1S/C43H61FN4O12/c1-12-31-43(8)33(32(40(53)59-43)38(45)47-55-20-28-18-29(46-60-28)26-13-15-27(44)16-14-26)23(4)34(49)21(2)19-42(7,54-11)37(24(5)35(50)25(6)39(52)57-31)58-41-36(51)30(48(9)10)17-22(3)56-41/h13-16,18,21-25,30-33,36-37,41,51H,12,17,19-20H2,1-11H3,(H2,45,47)/t21-,22?,23-,24+,25-,30?,31-,32?,33?,36?,37-,41?,42+,43-/m1/s1. The van der Waals surface area contributed by atoms with Crippen LogP contribution in [0.5, 0.6) is 0 Å². The zero-order chi connectivity index (χ0) is 44.4. The van der Waals surface area contributed by atoms with Crippen LogP contribution >= 0.6 is 0 Å². The molecule has 3 saturated heterocycles. The Morgan fingerprint density at radius 3 is 2.32 bits per heavy atom. The average Bonchev–Trinajstić information content (AvgIpc) is 3.79. The van der Waals surface area contributed by atoms with Gasteiger partial charge in [-0.25, -0.2) is 4.39 Å². The molecular formula is C43H61FN4O12. The van der Waals surface area contributed by atoms with Crippen LogP contribution in [0.1, 0.15) is 80.4 Å². The number of Topliss-reactive ketones (excluding diaryl/α,β-unsaturated/α-hetero) is 2. The van der Waals surface area contributed by atoms with E-state index in [1.807, 2.05) is 25.9 Å². The lowest BCUT2D eigenvalue weighted by molar-refractivity contribution is -0.295. The summed E-state index contributed by atoms with van der Waals surface area (Å²) in [5, 5.41) is 19.5. The maximum Gasteiger partial charge on any atom is 0.317 e. The molecule has 1 aromatic carbocycles. The van der Waals surface area contributed by atoms with Gasteiger partial charge in [0.05, 0.1) is 17.8 Å². The number of nitrogens with two attached hydrogens (primary N) is 1. The first kappa shape index (κ1) is 46.8. The number of cyclic esters (lactones) is 1. The minimum absolute atomic E-state index is 0.0349. The molecule has 6 unspecified atom stereocenters. The van der Waals surface area contributed by atoms with E-state index in [-0.39, 0.29) is 49.0 Å². The van der Waals surface area contributed by atoms with Crippen molar-refractivity contribution < 1.29 is 61.7 Å². The molecule has 17 heteroatoms. The number of likely N-dealkylation sites (N-methyl/N-ethyl adjacent to an activating group) is 1. The van der Waals surface area contributed by atoms with E-state index in [2.05, 4.69) is 10.3 Å². The highest BCUT2D eigenvalue weighted by molar-refractivity contribution is 6.03. The Bertz CT molecular complexity index is 1890. The van der Waals surface area contributed by atoms with E-state index < -0.39 is 94.9 Å². The van der Waals surface area contributed by atoms with Gasteiger partial charge in [0, 0.05) is 48.5 Å². The van der Waals surface area contributed by atoms with Gasteiger partial charge in [-0.2, -0.15) is 0 Å². The minimum Gasteiger partial charge on any atom is -0.458 e. The molecule has 1 aromatic heterocycles. The highest BCUT2D eigenvalue weighted by atomic mass is 19.1. The quantitative estimate of drug-likeness (QED) is 0.111. The van der Waals surface area contributed by atoms with Crippen molar-refractivity contribution in [2.24, 2.45) is 46.4 Å². The van der Waals surface area contributed by atoms with Crippen LogP contribution in [0.15, 0.2) is 40.0 Å². The summed E-state index contributed by atoms with van der Waals surface area (Å²) in [6.45, 7) is 13.1. The van der Waals surface area contributed by atoms with Gasteiger partial charge < -0.3 is 48.8 Å². The fraction of sp³-hybridized carbons (Fsp3) is 0.674. The summed E-state index contributed by atoms with van der Waals surface area (Å²) in [5.41, 5.74) is 4.61. The van der Waals surface area contributed by atoms with Crippen molar-refractivity contribution in [3.8, 4) is 11.3 Å². The lowest BCUT2D eigenvalue weighted by Gasteiger charge is -2.47. The van der Waals surface area contributed by atoms with Crippen molar-refractivity contribution in [2.45, 2.75) is 129 Å². The molecule has 60 heavy (non-hydrogen) atoms. The predicted octanol–water partition coefficient (Wildman–Crippen LogP) is 4.44. The van der Waals surface area contributed by atoms with Crippen molar-refractivity contribution in [3.63, 3.8) is 0 Å². The van der Waals surface area contributed by atoms with Crippen LogP contribution in [-0.2, 0) is 54.3 Å². The Morgan fingerprint density at radius 1 is 1.03 bits per heavy atom. The van der Waals surface area contributed by atoms with Crippen molar-refractivity contribution in [1.82, 2.24) is 10.1 Å². The predicted molar refractivity (Wildman–Crippen MR) is 214 cm³/mol. The van der Waals surface area contributed by atoms with E-state index in [0.717, 1.165) is 0 Å². The van der Waals surface area contributed by atoms with Gasteiger partial charge in [-0.3, -0.25) is 19.2 Å². The van der Waals surface area contributed by atoms with Gasteiger partial charge in [-0.1, -0.05) is 38.0 Å². The second kappa shape index (κ2) is 18.8. The van der Waals surface area contributed by atoms with Gasteiger partial charge in [0.25, 0.3) is 0 Å². The first-order chi connectivity index (χ1) is 28.2. The first-order valence-electron chi connectivity index (χ1n) is 20.5. The fourth-order valence-electron chi connectivity index (χ4n) is 9.31. The summed E-state index contributed by atoms with van der Waals surface area (Å²) in [5.74, 6) is -9.27. The molecule has 2 aromatic rings. The van der Waals surface area contributed by atoms with Gasteiger partial charge in [-0.15, -0.1) is 0 Å². The summed E-state index contributed by atoms with van der Waals surface area (Å²) in [6, 6.07) is 6.95. The van der Waals surface area contributed by atoms with Crippen molar-refractivity contribution in [3.05, 3.63) is 41.9 Å². The van der Waals surface area contributed by atoms with Crippen LogP contribution in [-0.4, -0.2) is 114 Å². The number of ketones is 2. The molecule has 3 fully saturated rings. The second-order valence-corrected chi connectivity index (χ2v) is 17.3. The molecule has 16 nitrogen and oxygen atoms in total. The number of hydrogen-bond donors (Lipinski definition) is 2. The maximum absolute atomic E-state index is 14.7. The molecule has 3 N–H and O–H groups in total. The van der Waals surface area contributed by atoms with Gasteiger partial charge in [0.2, 0.25) is 0 Å². The number of aromatic nitrogens is 1. The van der Waals surface area contributed by atoms with Gasteiger partial charge in [0.15, 0.2) is 35.9 Å². The van der Waals surface area contributed by atoms with E-state index >= 15 is 0 Å². The van der Waals surface area contributed by atoms with Crippen LogP contribution in [0.4, 0.5) is 4.39 Å². The number of carbonyl (C=O) groups excluding carboxylic acids is 4. The van der Waals surface area contributed by atoms with Crippen molar-refractivity contribution in [1.29, 1.82) is 0 Å². The third-order valence-electron chi connectivity index (χ3n) is 12.8. The third kappa shape index (κ3) is 9.44. The van der Waals surface area contributed by atoms with E-state index in [1.54, 1.807) is 59.7 Å². The maximum atomic E-state index is 14.7. The van der Waals surface area contributed by atoms with Crippen molar-refractivity contribution in [2.75, 3.05) is 21.2 Å². The number of aliphatic hydroxyl groups is 1. The molecule has 4 heterocycles. The highest BCUT2D eigenvalue weighted by Gasteiger charge is 2.62. The smallest absolute Gasteiger partial charge is 0.317 e. The van der Waals surface area contributed by atoms with E-state index in [1.165, 1.54) is 26.2 Å². The lowest BCUT2D eigenvalue weighted by atomic mass is 9.67. The van der Waals surface area contributed by atoms with Gasteiger partial charge >= 0.3 is 11.9 Å². The minimum atomic E-state index is -1.60. The summed E-state index contributed by atoms with van der Waals surface area (Å²) < 4.78 is 49.7. The number of benzene rings is 1. The molecule has 0 bridgehead atoms. The van der Waals surface area contributed by atoms with Crippen LogP contribution in [0.25, 0.3) is 11.3 Å². The SMILES string of the molecule is CC[C@H]1OC(=O)[C@H](C)C(=O)[C@H](C)[C@@H](OC2OC(C)CC(N(C)C)C2O)[C@@](C)(OC)C[C@@H](C)C(=O)[C@H](C)C2C(/C(N)=N\OCc3cc(-c4ccc(F)cc4)no3)C(=O)O[C@@]21C. The normalized spacial score (nSPS) is 37.3. The van der Waals surface area contributed by atoms with Crippen molar-refractivity contribution >= 4 is 29.3 Å². The van der Waals surface area contributed by atoms with Gasteiger partial charge in [-0.05, 0) is 85.3 Å². The topological polar surface area (TPSA) is 212 Å². The van der Waals surface area contributed by atoms with E-state index in [4.69, 9.17) is 38.8 Å². The number of rotatable bonds is 10. The molecule has 5 rings (SSSR count). The molecule has 0 saturated carbocycles. The first-order valence-corrected chi connectivity index (χ1v) is 20.5. The number of ether oxygens (including phenoxy) is 5. The Kier molecular flexibility index (Phi) is 14.6. The Hall–Kier alpha value is -4.29. The number of esters is 2. The number of nitrogens with zero attached hydrogens (tertiary/aromatic N) is 3. The monoisotopic (exact) mass is 844 g/mol. The van der Waals surface area contributed by atoms with E-state index in [0.29, 0.717) is 17.7 Å². The van der Waals surface area contributed by atoms with Crippen LogP contribution in [0.2, 0.25) is 0 Å². The summed E-state index contributed by atoms with van der Waals surface area (Å²) in [6.07, 6.45) is -4.06. The number of carbonyl (C=O) groups is 4. The molecule has 0 spiro atoms. The largest absolute Gasteiger partial charge is 0.458 e. The molecule has 14 atom stereocenters. The number of aliphatic hydroxyl groups excluding tert-OH is 1. The zero-order valence-corrected chi connectivity index (χ0v) is 36.4.